The van der Waals surface area contributed by atoms with E-state index < -0.39 is 31.4 Å². The topological polar surface area (TPSA) is 184 Å². The molecule has 66 heavy (non-hydrogen) atoms. The van der Waals surface area contributed by atoms with Gasteiger partial charge >= 0.3 is 0 Å². The fourth-order valence-electron chi connectivity index (χ4n) is 9.97. The van der Waals surface area contributed by atoms with Gasteiger partial charge in [-0.15, -0.1) is 0 Å². The summed E-state index contributed by atoms with van der Waals surface area (Å²) >= 11 is 6.26. The Hall–Kier alpha value is -5.52. The van der Waals surface area contributed by atoms with E-state index in [4.69, 9.17) is 21.1 Å². The van der Waals surface area contributed by atoms with Crippen LogP contribution in [0.3, 0.4) is 0 Å². The van der Waals surface area contributed by atoms with E-state index in [1.807, 2.05) is 24.3 Å². The summed E-state index contributed by atoms with van der Waals surface area (Å²) in [5, 5.41) is 20.6. The number of amides is 1. The molecule has 2 aliphatic heterocycles. The molecule has 9 rings (SSSR count). The molecule has 0 radical (unpaired) electrons. The van der Waals surface area contributed by atoms with Crippen molar-refractivity contribution in [1.82, 2.24) is 24.9 Å². The van der Waals surface area contributed by atoms with Crippen molar-refractivity contribution in [2.45, 2.75) is 75.8 Å². The Morgan fingerprint density at radius 2 is 1.82 bits per heavy atom. The van der Waals surface area contributed by atoms with E-state index in [-0.39, 0.29) is 34.6 Å². The number of aromatic nitrogens is 2. The van der Waals surface area contributed by atoms with Crippen LogP contribution in [0.4, 0.5) is 17.1 Å². The minimum absolute atomic E-state index is 0.0182. The number of ether oxygens (including phenoxy) is 2. The molecule has 1 unspecified atom stereocenters. The Balaban J connectivity index is 0.930. The van der Waals surface area contributed by atoms with Crippen molar-refractivity contribution in [1.29, 1.82) is 0 Å². The molecule has 4 N–H and O–H groups in total. The highest BCUT2D eigenvalue weighted by atomic mass is 35.5. The van der Waals surface area contributed by atoms with Crippen LogP contribution in [0.25, 0.3) is 16.6 Å². The second-order valence-electron chi connectivity index (χ2n) is 18.8. The first-order valence-electron chi connectivity index (χ1n) is 22.9. The van der Waals surface area contributed by atoms with Gasteiger partial charge in [0.2, 0.25) is 0 Å². The Morgan fingerprint density at radius 1 is 1.03 bits per heavy atom. The van der Waals surface area contributed by atoms with Gasteiger partial charge in [-0.05, 0) is 116 Å². The van der Waals surface area contributed by atoms with Gasteiger partial charge in [0.25, 0.3) is 21.6 Å². The average Bonchev–Trinajstić information content (AvgIpc) is 3.79. The highest BCUT2D eigenvalue weighted by molar-refractivity contribution is 7.90. The second-order valence-corrected chi connectivity index (χ2v) is 20.9. The van der Waals surface area contributed by atoms with Crippen LogP contribution in [0.1, 0.15) is 74.7 Å². The molecule has 1 atom stereocenters. The van der Waals surface area contributed by atoms with Gasteiger partial charge in [0.05, 0.1) is 40.0 Å². The minimum Gasteiger partial charge on any atom is -0.453 e. The Bertz CT molecular complexity index is 2720. The molecule has 2 aromatic heterocycles. The van der Waals surface area contributed by atoms with Crippen molar-refractivity contribution in [3.05, 3.63) is 117 Å². The lowest BCUT2D eigenvalue weighted by atomic mass is 9.72. The Morgan fingerprint density at radius 3 is 2.56 bits per heavy atom. The quantitative estimate of drug-likeness (QED) is 0.0651. The first-order valence-corrected chi connectivity index (χ1v) is 24.8. The number of nitro groups is 1. The summed E-state index contributed by atoms with van der Waals surface area (Å²) in [6.07, 6.45) is 10.0. The van der Waals surface area contributed by atoms with Gasteiger partial charge in [-0.3, -0.25) is 19.8 Å². The molecule has 3 aromatic carbocycles. The van der Waals surface area contributed by atoms with Gasteiger partial charge in [-0.2, -0.15) is 0 Å². The van der Waals surface area contributed by atoms with Crippen molar-refractivity contribution in [2.75, 3.05) is 62.6 Å². The number of allylic oxidation sites excluding steroid dienone is 1. The molecule has 15 nitrogen and oxygen atoms in total. The van der Waals surface area contributed by atoms with Gasteiger partial charge < -0.3 is 30.0 Å². The number of morpholine rings is 1. The molecular weight excluding hydrogens is 880 g/mol. The predicted octanol–water partition coefficient (Wildman–Crippen LogP) is 8.78. The lowest BCUT2D eigenvalue weighted by molar-refractivity contribution is -0.384. The number of piperazine rings is 1. The molecule has 17 heteroatoms. The number of halogens is 1. The van der Waals surface area contributed by atoms with Crippen LogP contribution in [-0.4, -0.2) is 98.7 Å². The predicted molar refractivity (Wildman–Crippen MR) is 257 cm³/mol. The number of nitro benzene ring substituents is 1. The number of H-pyrrole nitrogens is 1. The summed E-state index contributed by atoms with van der Waals surface area (Å²) in [4.78, 5) is 37.7. The van der Waals surface area contributed by atoms with Crippen molar-refractivity contribution in [3.8, 4) is 11.5 Å². The van der Waals surface area contributed by atoms with E-state index in [1.165, 1.54) is 34.9 Å². The summed E-state index contributed by atoms with van der Waals surface area (Å²) < 4.78 is 42.6. The summed E-state index contributed by atoms with van der Waals surface area (Å²) in [6.45, 7) is 10.6. The zero-order valence-corrected chi connectivity index (χ0v) is 38.9. The number of hydrogen-bond acceptors (Lipinski definition) is 12. The average molecular weight is 938 g/mol. The number of carbonyl (C=O) groups is 1. The zero-order valence-electron chi connectivity index (χ0n) is 37.4. The number of nitrogens with one attached hydrogen (secondary N) is 4. The highest BCUT2D eigenvalue weighted by Crippen LogP contribution is 2.44. The molecule has 0 spiro atoms. The molecule has 4 heterocycles. The minimum atomic E-state index is -4.59. The van der Waals surface area contributed by atoms with Crippen molar-refractivity contribution < 1.29 is 27.6 Å². The van der Waals surface area contributed by atoms with Crippen molar-refractivity contribution >= 4 is 61.2 Å². The lowest BCUT2D eigenvalue weighted by Gasteiger charge is -2.39. The second kappa shape index (κ2) is 19.4. The Kier molecular flexibility index (Phi) is 13.4. The molecule has 2 aliphatic carbocycles. The van der Waals surface area contributed by atoms with E-state index in [0.717, 1.165) is 94.1 Å². The van der Waals surface area contributed by atoms with Crippen LogP contribution in [-0.2, 0) is 14.8 Å². The number of carbonyl (C=O) groups excluding carboxylic acids is 1. The third kappa shape index (κ3) is 10.4. The zero-order chi connectivity index (χ0) is 46.0. The molecule has 2 saturated heterocycles. The third-order valence-corrected chi connectivity index (χ3v) is 15.2. The van der Waals surface area contributed by atoms with Crippen LogP contribution in [0, 0.1) is 21.4 Å². The maximum absolute atomic E-state index is 14.2. The number of sulfonamides is 1. The van der Waals surface area contributed by atoms with Gasteiger partial charge in [-0.25, -0.2) is 18.1 Å². The molecule has 1 amide bonds. The third-order valence-electron chi connectivity index (χ3n) is 13.7. The molecule has 348 valence electrons. The van der Waals surface area contributed by atoms with Crippen molar-refractivity contribution in [2.24, 2.45) is 11.3 Å². The van der Waals surface area contributed by atoms with Crippen LogP contribution < -0.4 is 25.0 Å². The van der Waals surface area contributed by atoms with E-state index in [2.05, 4.69) is 61.1 Å². The fraction of sp³-hybridized carbons (Fsp3) is 0.429. The van der Waals surface area contributed by atoms with Crippen LogP contribution in [0.5, 0.6) is 11.5 Å². The molecule has 3 fully saturated rings. The number of hydrogen-bond donors (Lipinski definition) is 4. The lowest BCUT2D eigenvalue weighted by Crippen LogP contribution is -2.47. The maximum Gasteiger partial charge on any atom is 0.293 e. The fourth-order valence-corrected chi connectivity index (χ4v) is 11.1. The standard InChI is InChI=1S/C49H57ClN8O7S/c1-49(2)18-16-35(41(28-49)32-6-10-36(50)11-7-32)31-56-21-23-57(24-22-56)43-5-3-4-40(46(43)65-38-26-34-17-19-52-47(34)53-29-38)48(59)55-66(62,63)39-14-15-42(44(27-39)58(60)61)54-37-12-8-33(9-13-37)45-30-51-20-25-64-45/h3-7,10-11,14-15,17,19,26-27,29,33,37,45,51,54H,8-9,12-13,16,18,20-25,28,30-31H2,1-2H3,(H,52,53)(H,55,59). The van der Waals surface area contributed by atoms with Gasteiger partial charge in [0.15, 0.2) is 5.75 Å². The molecular formula is C49H57ClN8O7S. The number of para-hydroxylation sites is 1. The molecule has 1 saturated carbocycles. The van der Waals surface area contributed by atoms with Crippen LogP contribution >= 0.6 is 11.6 Å². The van der Waals surface area contributed by atoms with Gasteiger partial charge in [0, 0.05) is 74.5 Å². The number of aromatic amines is 1. The van der Waals surface area contributed by atoms with Gasteiger partial charge in [0.1, 0.15) is 17.1 Å². The molecule has 4 aliphatic rings. The van der Waals surface area contributed by atoms with E-state index in [1.54, 1.807) is 24.5 Å². The first-order chi connectivity index (χ1) is 31.8. The molecule has 5 aromatic rings. The largest absolute Gasteiger partial charge is 0.453 e. The summed E-state index contributed by atoms with van der Waals surface area (Å²) in [6, 6.07) is 20.6. The van der Waals surface area contributed by atoms with Crippen LogP contribution in [0.15, 0.2) is 95.7 Å². The monoisotopic (exact) mass is 936 g/mol. The highest BCUT2D eigenvalue weighted by Gasteiger charge is 2.33. The van der Waals surface area contributed by atoms with E-state index in [9.17, 15) is 23.3 Å². The number of fused-ring (bicyclic) bond motifs is 1. The number of nitrogens with zero attached hydrogens (tertiary/aromatic N) is 4. The summed E-state index contributed by atoms with van der Waals surface area (Å²) in [5.41, 5.74) is 5.35. The number of pyridine rings is 1. The van der Waals surface area contributed by atoms with Gasteiger partial charge in [-0.1, -0.05) is 49.2 Å². The first kappa shape index (κ1) is 45.6. The summed E-state index contributed by atoms with van der Waals surface area (Å²) in [5.74, 6) is 0.000539. The summed E-state index contributed by atoms with van der Waals surface area (Å²) in [7, 11) is -4.59. The Labute approximate surface area is 390 Å². The SMILES string of the molecule is CC1(C)CCC(CN2CCN(c3cccc(C(=O)NS(=O)(=O)c4ccc(NC5CCC(C6CNCCO6)CC5)c([N+](=O)[O-])c4)c3Oc3cnc4[nH]ccc4c3)CC2)=C(c2ccc(Cl)cc2)C1. The van der Waals surface area contributed by atoms with Crippen LogP contribution in [0.2, 0.25) is 5.02 Å². The number of anilines is 2. The van der Waals surface area contributed by atoms with Crippen molar-refractivity contribution in [3.63, 3.8) is 0 Å². The molecule has 0 bridgehead atoms. The number of benzene rings is 3. The maximum atomic E-state index is 14.2. The number of rotatable bonds is 13. The van der Waals surface area contributed by atoms with E-state index >= 15 is 0 Å². The normalized spacial score (nSPS) is 21.7. The van der Waals surface area contributed by atoms with E-state index in [0.29, 0.717) is 42.7 Å². The smallest absolute Gasteiger partial charge is 0.293 e.